The minimum Gasteiger partial charge on any atom is -0.324 e. The van der Waals surface area contributed by atoms with Gasteiger partial charge in [0.25, 0.3) is 10.2 Å². The third-order valence-corrected chi connectivity index (χ3v) is 6.71. The normalized spacial score (nSPS) is 18.4. The lowest BCUT2D eigenvalue weighted by molar-refractivity contribution is 0.296. The molecule has 3 heterocycles. The quantitative estimate of drug-likeness (QED) is 0.823. The van der Waals surface area contributed by atoms with E-state index in [9.17, 15) is 8.42 Å². The summed E-state index contributed by atoms with van der Waals surface area (Å²) in [5.74, 6) is 0.610. The molecule has 28 heavy (non-hydrogen) atoms. The van der Waals surface area contributed by atoms with E-state index in [-0.39, 0.29) is 5.92 Å². The van der Waals surface area contributed by atoms with E-state index in [1.807, 2.05) is 39.0 Å². The number of anilines is 2. The van der Waals surface area contributed by atoms with Crippen LogP contribution in [0.5, 0.6) is 0 Å². The summed E-state index contributed by atoms with van der Waals surface area (Å²) >= 11 is 0. The van der Waals surface area contributed by atoms with Crippen LogP contribution >= 0.6 is 0 Å². The number of piperidine rings is 1. The van der Waals surface area contributed by atoms with Gasteiger partial charge in [-0.3, -0.25) is 4.98 Å². The lowest BCUT2D eigenvalue weighted by Gasteiger charge is -2.33. The van der Waals surface area contributed by atoms with Crippen molar-refractivity contribution in [3.05, 3.63) is 41.0 Å². The Morgan fingerprint density at radius 1 is 1.04 bits per heavy atom. The van der Waals surface area contributed by atoms with Crippen LogP contribution < -0.4 is 5.32 Å². The molecule has 1 N–H and O–H groups in total. The predicted molar refractivity (Wildman–Crippen MR) is 110 cm³/mol. The second kappa shape index (κ2) is 8.10. The van der Waals surface area contributed by atoms with Gasteiger partial charge in [-0.05, 0) is 51.8 Å². The highest BCUT2D eigenvalue weighted by Crippen LogP contribution is 2.30. The van der Waals surface area contributed by atoms with Crippen molar-refractivity contribution in [2.75, 3.05) is 32.5 Å². The lowest BCUT2D eigenvalue weighted by Crippen LogP contribution is -2.45. The molecule has 0 saturated carbocycles. The monoisotopic (exact) mass is 404 g/mol. The Kier molecular flexibility index (Phi) is 5.97. The maximum absolute atomic E-state index is 12.5. The van der Waals surface area contributed by atoms with Gasteiger partial charge in [-0.15, -0.1) is 0 Å². The van der Waals surface area contributed by atoms with E-state index in [1.165, 1.54) is 4.31 Å². The standard InChI is InChI=1S/C19H28N6O2S/c1-13-9-14(2)22-19(21-13)23-17-10-15(3)20-18(11-17)16-7-6-8-25(12-16)28(26,27)24(4)5/h9-11,16H,6-8,12H2,1-5H3,(H,20,21,22,23)/t16-/m0/s1. The molecule has 8 nitrogen and oxygen atoms in total. The molecule has 0 spiro atoms. The van der Waals surface area contributed by atoms with Crippen molar-refractivity contribution < 1.29 is 8.42 Å². The molecule has 1 saturated heterocycles. The van der Waals surface area contributed by atoms with Gasteiger partial charge in [0.1, 0.15) is 0 Å². The van der Waals surface area contributed by atoms with Gasteiger partial charge in [0.05, 0.1) is 0 Å². The summed E-state index contributed by atoms with van der Waals surface area (Å²) in [6, 6.07) is 5.85. The van der Waals surface area contributed by atoms with Crippen LogP contribution in [0.2, 0.25) is 0 Å². The van der Waals surface area contributed by atoms with E-state index in [0.29, 0.717) is 19.0 Å². The number of hydrogen-bond acceptors (Lipinski definition) is 6. The van der Waals surface area contributed by atoms with Crippen molar-refractivity contribution in [2.45, 2.75) is 39.5 Å². The summed E-state index contributed by atoms with van der Waals surface area (Å²) in [4.78, 5) is 13.5. The minimum absolute atomic E-state index is 0.0593. The number of aromatic nitrogens is 3. The van der Waals surface area contributed by atoms with Crippen molar-refractivity contribution in [1.82, 2.24) is 23.6 Å². The van der Waals surface area contributed by atoms with Gasteiger partial charge in [0.2, 0.25) is 5.95 Å². The largest absolute Gasteiger partial charge is 0.324 e. The second-order valence-electron chi connectivity index (χ2n) is 7.51. The van der Waals surface area contributed by atoms with Gasteiger partial charge in [0.15, 0.2) is 0 Å². The van der Waals surface area contributed by atoms with Crippen molar-refractivity contribution in [2.24, 2.45) is 0 Å². The maximum atomic E-state index is 12.5. The highest BCUT2D eigenvalue weighted by atomic mass is 32.2. The van der Waals surface area contributed by atoms with Gasteiger partial charge in [-0.25, -0.2) is 9.97 Å². The fourth-order valence-electron chi connectivity index (χ4n) is 3.51. The van der Waals surface area contributed by atoms with E-state index in [0.717, 1.165) is 41.3 Å². The van der Waals surface area contributed by atoms with Gasteiger partial charge < -0.3 is 5.32 Å². The Morgan fingerprint density at radius 2 is 1.68 bits per heavy atom. The molecular formula is C19H28N6O2S. The number of aryl methyl sites for hydroxylation is 3. The van der Waals surface area contributed by atoms with Crippen LogP contribution in [-0.2, 0) is 10.2 Å². The predicted octanol–water partition coefficient (Wildman–Crippen LogP) is 2.53. The summed E-state index contributed by atoms with van der Waals surface area (Å²) in [6.45, 7) is 6.80. The summed E-state index contributed by atoms with van der Waals surface area (Å²) in [5, 5.41) is 3.26. The molecule has 0 bridgehead atoms. The van der Waals surface area contributed by atoms with Crippen LogP contribution in [0.4, 0.5) is 11.6 Å². The van der Waals surface area contributed by atoms with Crippen molar-refractivity contribution >= 4 is 21.8 Å². The maximum Gasteiger partial charge on any atom is 0.281 e. The van der Waals surface area contributed by atoms with Crippen molar-refractivity contribution in [1.29, 1.82) is 0 Å². The SMILES string of the molecule is Cc1cc(Nc2nc(C)cc(C)n2)cc([C@H]2CCCN(S(=O)(=O)N(C)C)C2)n1. The molecule has 1 fully saturated rings. The average Bonchev–Trinajstić information content (AvgIpc) is 2.60. The summed E-state index contributed by atoms with van der Waals surface area (Å²) < 4.78 is 27.8. The molecule has 3 rings (SSSR count). The zero-order chi connectivity index (χ0) is 20.5. The Balaban J connectivity index is 1.84. The van der Waals surface area contributed by atoms with Gasteiger partial charge in [-0.1, -0.05) is 0 Å². The number of rotatable bonds is 5. The molecule has 0 amide bonds. The Hall–Kier alpha value is -2.10. The molecule has 0 radical (unpaired) electrons. The molecule has 1 aliphatic rings. The molecule has 1 aliphatic heterocycles. The van der Waals surface area contributed by atoms with E-state index in [4.69, 9.17) is 0 Å². The first kappa shape index (κ1) is 20.6. The summed E-state index contributed by atoms with van der Waals surface area (Å²) in [7, 11) is -0.286. The highest BCUT2D eigenvalue weighted by Gasteiger charge is 2.31. The van der Waals surface area contributed by atoms with Crippen molar-refractivity contribution in [3.8, 4) is 0 Å². The van der Waals surface area contributed by atoms with Crippen LogP contribution in [0.15, 0.2) is 18.2 Å². The zero-order valence-electron chi connectivity index (χ0n) is 17.1. The van der Waals surface area contributed by atoms with Crippen molar-refractivity contribution in [3.63, 3.8) is 0 Å². The fraction of sp³-hybridized carbons (Fsp3) is 0.526. The minimum atomic E-state index is -3.42. The first-order valence-electron chi connectivity index (χ1n) is 9.40. The molecule has 1 atom stereocenters. The zero-order valence-corrected chi connectivity index (χ0v) is 17.9. The average molecular weight is 405 g/mol. The Bertz CT molecular complexity index is 941. The van der Waals surface area contributed by atoms with E-state index in [1.54, 1.807) is 18.4 Å². The number of nitrogens with one attached hydrogen (secondary N) is 1. The molecular weight excluding hydrogens is 376 g/mol. The van der Waals surface area contributed by atoms with Crippen LogP contribution in [0, 0.1) is 20.8 Å². The van der Waals surface area contributed by atoms with E-state index < -0.39 is 10.2 Å². The van der Waals surface area contributed by atoms with Crippen LogP contribution in [0.1, 0.15) is 41.5 Å². The van der Waals surface area contributed by atoms with E-state index >= 15 is 0 Å². The summed E-state index contributed by atoms with van der Waals surface area (Å²) in [5.41, 5.74) is 4.43. The Morgan fingerprint density at radius 3 is 2.32 bits per heavy atom. The van der Waals surface area contributed by atoms with Crippen LogP contribution in [0.3, 0.4) is 0 Å². The Labute approximate surface area is 167 Å². The number of hydrogen-bond donors (Lipinski definition) is 1. The molecule has 9 heteroatoms. The number of nitrogens with zero attached hydrogens (tertiary/aromatic N) is 5. The van der Waals surface area contributed by atoms with E-state index in [2.05, 4.69) is 20.3 Å². The highest BCUT2D eigenvalue weighted by molar-refractivity contribution is 7.86. The third kappa shape index (κ3) is 4.65. The first-order chi connectivity index (χ1) is 13.1. The molecule has 2 aromatic heterocycles. The lowest BCUT2D eigenvalue weighted by atomic mass is 9.95. The summed E-state index contributed by atoms with van der Waals surface area (Å²) in [6.07, 6.45) is 1.73. The van der Waals surface area contributed by atoms with Gasteiger partial charge >= 0.3 is 0 Å². The molecule has 0 aromatic carbocycles. The topological polar surface area (TPSA) is 91.3 Å². The fourth-order valence-corrected chi connectivity index (χ4v) is 4.70. The molecule has 152 valence electrons. The van der Waals surface area contributed by atoms with Crippen LogP contribution in [-0.4, -0.2) is 59.2 Å². The third-order valence-electron chi connectivity index (χ3n) is 4.80. The van der Waals surface area contributed by atoms with Gasteiger partial charge in [0, 0.05) is 61.6 Å². The molecule has 0 aliphatic carbocycles. The molecule has 2 aromatic rings. The smallest absolute Gasteiger partial charge is 0.281 e. The first-order valence-corrected chi connectivity index (χ1v) is 10.8. The second-order valence-corrected chi connectivity index (χ2v) is 9.65. The van der Waals surface area contributed by atoms with Crippen LogP contribution in [0.25, 0.3) is 0 Å². The van der Waals surface area contributed by atoms with Gasteiger partial charge in [-0.2, -0.15) is 17.0 Å². The number of pyridine rings is 1. The molecule has 0 unspecified atom stereocenters.